The van der Waals surface area contributed by atoms with Gasteiger partial charge in [0.05, 0.1) is 11.2 Å². The van der Waals surface area contributed by atoms with Gasteiger partial charge >= 0.3 is 0 Å². The Kier molecular flexibility index (Phi) is 8.91. The van der Waals surface area contributed by atoms with Gasteiger partial charge in [0, 0.05) is 33.7 Å². The van der Waals surface area contributed by atoms with Crippen LogP contribution in [0, 0.1) is 0 Å². The molecular formula is C56H46N2. The van der Waals surface area contributed by atoms with Crippen LogP contribution in [0.4, 0.5) is 17.1 Å². The van der Waals surface area contributed by atoms with Crippen LogP contribution in [0.1, 0.15) is 44.0 Å². The zero-order chi connectivity index (χ0) is 39.2. The van der Waals surface area contributed by atoms with Gasteiger partial charge in [-0.15, -0.1) is 0 Å². The summed E-state index contributed by atoms with van der Waals surface area (Å²) in [5.41, 5.74) is 17.2. The largest absolute Gasteiger partial charge is 0.310 e. The van der Waals surface area contributed by atoms with Gasteiger partial charge in [-0.05, 0) is 123 Å². The van der Waals surface area contributed by atoms with Crippen LogP contribution in [0.3, 0.4) is 0 Å². The van der Waals surface area contributed by atoms with Gasteiger partial charge in [0.25, 0.3) is 0 Å². The van der Waals surface area contributed by atoms with E-state index in [1.807, 2.05) is 0 Å². The first-order valence-corrected chi connectivity index (χ1v) is 20.5. The lowest BCUT2D eigenvalue weighted by atomic mass is 9.87. The van der Waals surface area contributed by atoms with E-state index in [2.05, 4.69) is 230 Å². The number of nitrogens with zero attached hydrogens (tertiary/aromatic N) is 2. The van der Waals surface area contributed by atoms with E-state index in [1.54, 1.807) is 0 Å². The van der Waals surface area contributed by atoms with Crippen molar-refractivity contribution in [3.8, 4) is 39.1 Å². The molecule has 0 bridgehead atoms. The fraction of sp³-hybridized carbons (Fsp3) is 0.107. The van der Waals surface area contributed by atoms with Crippen LogP contribution >= 0.6 is 0 Å². The van der Waals surface area contributed by atoms with E-state index in [-0.39, 0.29) is 5.41 Å². The summed E-state index contributed by atoms with van der Waals surface area (Å²) in [6, 6.07) is 69.1. The summed E-state index contributed by atoms with van der Waals surface area (Å²) in [5.74, 6) is 0. The van der Waals surface area contributed by atoms with Gasteiger partial charge in [0.15, 0.2) is 0 Å². The van der Waals surface area contributed by atoms with Crippen LogP contribution in [0.2, 0.25) is 0 Å². The third-order valence-electron chi connectivity index (χ3n) is 11.8. The van der Waals surface area contributed by atoms with Gasteiger partial charge in [-0.1, -0.05) is 166 Å². The molecule has 9 aromatic rings. The van der Waals surface area contributed by atoms with Crippen LogP contribution in [-0.2, 0) is 11.8 Å². The Labute approximate surface area is 342 Å². The first-order valence-electron chi connectivity index (χ1n) is 20.5. The number of para-hydroxylation sites is 2. The molecule has 1 aliphatic carbocycles. The number of rotatable bonds is 7. The van der Waals surface area contributed by atoms with Gasteiger partial charge in [-0.3, -0.25) is 0 Å². The molecule has 0 radical (unpaired) electrons. The van der Waals surface area contributed by atoms with Crippen molar-refractivity contribution < 1.29 is 0 Å². The Morgan fingerprint density at radius 2 is 1.14 bits per heavy atom. The van der Waals surface area contributed by atoms with Crippen LogP contribution in [-0.4, -0.2) is 4.57 Å². The van der Waals surface area contributed by atoms with E-state index in [0.717, 1.165) is 29.9 Å². The van der Waals surface area contributed by atoms with Crippen molar-refractivity contribution in [2.75, 3.05) is 4.90 Å². The highest BCUT2D eigenvalue weighted by atomic mass is 15.1. The average molecular weight is 747 g/mol. The third kappa shape index (κ3) is 6.32. The number of allylic oxidation sites excluding steroid dienone is 1. The molecule has 0 atom stereocenters. The lowest BCUT2D eigenvalue weighted by molar-refractivity contribution is 0.590. The number of hydrogen-bond donors (Lipinski definition) is 0. The van der Waals surface area contributed by atoms with E-state index in [1.165, 1.54) is 77.6 Å². The second-order valence-corrected chi connectivity index (χ2v) is 16.5. The zero-order valence-electron chi connectivity index (χ0n) is 33.4. The SMILES string of the molecule is CC(C)(C)c1ccc(N(c2ccc(-c3ccc4c5c(n(-c6ccccc6)c4c3)C=CCC5)cc2)c2ccccc2-c2cccc3cccc(-c4ccccc4)c23)cc1. The molecule has 0 fully saturated rings. The molecule has 1 aliphatic rings. The summed E-state index contributed by atoms with van der Waals surface area (Å²) >= 11 is 0. The Bertz CT molecular complexity index is 2940. The van der Waals surface area contributed by atoms with Crippen molar-refractivity contribution in [1.82, 2.24) is 4.57 Å². The molecular weight excluding hydrogens is 701 g/mol. The molecule has 10 rings (SSSR count). The number of benzene rings is 8. The van der Waals surface area contributed by atoms with E-state index in [0.29, 0.717) is 0 Å². The molecule has 8 aromatic carbocycles. The summed E-state index contributed by atoms with van der Waals surface area (Å²) in [4.78, 5) is 2.43. The predicted molar refractivity (Wildman–Crippen MR) is 248 cm³/mol. The van der Waals surface area contributed by atoms with E-state index < -0.39 is 0 Å². The van der Waals surface area contributed by atoms with Crippen molar-refractivity contribution in [3.05, 3.63) is 211 Å². The summed E-state index contributed by atoms with van der Waals surface area (Å²) in [5, 5.41) is 3.83. The lowest BCUT2D eigenvalue weighted by Gasteiger charge is -2.29. The first kappa shape index (κ1) is 35.5. The summed E-state index contributed by atoms with van der Waals surface area (Å²) in [6.45, 7) is 6.83. The summed E-state index contributed by atoms with van der Waals surface area (Å²) in [7, 11) is 0. The van der Waals surface area contributed by atoms with Gasteiger partial charge in [0.2, 0.25) is 0 Å². The Hall–Kier alpha value is -6.90. The van der Waals surface area contributed by atoms with Gasteiger partial charge in [-0.25, -0.2) is 0 Å². The Morgan fingerprint density at radius 1 is 0.517 bits per heavy atom. The van der Waals surface area contributed by atoms with Crippen LogP contribution in [0.5, 0.6) is 0 Å². The molecule has 0 N–H and O–H groups in total. The van der Waals surface area contributed by atoms with E-state index >= 15 is 0 Å². The summed E-state index contributed by atoms with van der Waals surface area (Å²) < 4.78 is 2.44. The smallest absolute Gasteiger partial charge is 0.0543 e. The molecule has 2 nitrogen and oxygen atoms in total. The van der Waals surface area contributed by atoms with Crippen molar-refractivity contribution in [1.29, 1.82) is 0 Å². The number of aryl methyl sites for hydroxylation is 1. The second-order valence-electron chi connectivity index (χ2n) is 16.5. The second kappa shape index (κ2) is 14.6. The number of aromatic nitrogens is 1. The molecule has 0 spiro atoms. The molecule has 0 saturated carbocycles. The quantitative estimate of drug-likeness (QED) is 0.158. The van der Waals surface area contributed by atoms with Gasteiger partial charge in [-0.2, -0.15) is 0 Å². The molecule has 2 heteroatoms. The Morgan fingerprint density at radius 3 is 1.86 bits per heavy atom. The molecule has 0 saturated heterocycles. The summed E-state index contributed by atoms with van der Waals surface area (Å²) in [6.07, 6.45) is 6.76. The zero-order valence-corrected chi connectivity index (χ0v) is 33.4. The predicted octanol–water partition coefficient (Wildman–Crippen LogP) is 15.5. The normalized spacial score (nSPS) is 12.5. The van der Waals surface area contributed by atoms with Crippen molar-refractivity contribution in [2.45, 2.75) is 39.0 Å². The lowest BCUT2D eigenvalue weighted by Crippen LogP contribution is -2.13. The monoisotopic (exact) mass is 746 g/mol. The van der Waals surface area contributed by atoms with Gasteiger partial charge in [0.1, 0.15) is 0 Å². The minimum absolute atomic E-state index is 0.0523. The van der Waals surface area contributed by atoms with Crippen LogP contribution < -0.4 is 4.90 Å². The average Bonchev–Trinajstić information content (AvgIpc) is 3.61. The number of hydrogen-bond acceptors (Lipinski definition) is 1. The number of fused-ring (bicyclic) bond motifs is 4. The fourth-order valence-corrected chi connectivity index (χ4v) is 8.93. The standard InChI is InChI=1S/C56H46N2/c1-56(2,3)43-31-35-46(36-32-43)57(52-26-12-11-23-49(52)51-25-15-19-41-18-14-24-47(55(41)51)40-16-6-4-7-17-40)45-33-28-39(29-34-45)42-30-37-50-48-22-10-13-27-53(48)58(54(50)38-42)44-20-8-5-9-21-44/h4-9,11-21,23-38H,10,22H2,1-3H3. The molecule has 0 unspecified atom stereocenters. The molecule has 0 aliphatic heterocycles. The first-order chi connectivity index (χ1) is 28.4. The maximum absolute atomic E-state index is 2.44. The van der Waals surface area contributed by atoms with E-state index in [9.17, 15) is 0 Å². The molecule has 1 heterocycles. The maximum Gasteiger partial charge on any atom is 0.0543 e. The van der Waals surface area contributed by atoms with Crippen molar-refractivity contribution >= 4 is 44.8 Å². The van der Waals surface area contributed by atoms with Gasteiger partial charge < -0.3 is 9.47 Å². The fourth-order valence-electron chi connectivity index (χ4n) is 8.93. The molecule has 280 valence electrons. The Balaban J connectivity index is 1.12. The molecule has 1 aromatic heterocycles. The minimum Gasteiger partial charge on any atom is -0.310 e. The topological polar surface area (TPSA) is 8.17 Å². The molecule has 0 amide bonds. The number of anilines is 3. The highest BCUT2D eigenvalue weighted by Crippen LogP contribution is 2.45. The van der Waals surface area contributed by atoms with Crippen LogP contribution in [0.25, 0.3) is 66.8 Å². The van der Waals surface area contributed by atoms with E-state index in [4.69, 9.17) is 0 Å². The highest BCUT2D eigenvalue weighted by Gasteiger charge is 2.22. The van der Waals surface area contributed by atoms with Crippen molar-refractivity contribution in [2.24, 2.45) is 0 Å². The maximum atomic E-state index is 2.44. The van der Waals surface area contributed by atoms with Crippen LogP contribution in [0.15, 0.2) is 194 Å². The third-order valence-corrected chi connectivity index (χ3v) is 11.8. The molecule has 58 heavy (non-hydrogen) atoms. The highest BCUT2D eigenvalue weighted by molar-refractivity contribution is 6.08. The minimum atomic E-state index is 0.0523. The van der Waals surface area contributed by atoms with Crippen molar-refractivity contribution in [3.63, 3.8) is 0 Å².